The third-order valence-electron chi connectivity index (χ3n) is 4.20. The maximum Gasteiger partial charge on any atom is 0.163 e. The van der Waals surface area contributed by atoms with Crippen LogP contribution < -0.4 is 4.74 Å². The molecule has 1 fully saturated rings. The average molecular weight is 338 g/mol. The molecule has 3 rings (SSSR count). The topological polar surface area (TPSA) is 20.6 Å². The van der Waals surface area contributed by atoms with Crippen molar-refractivity contribution in [1.82, 2.24) is 14.4 Å². The molecule has 0 bridgehead atoms. The Hall–Kier alpha value is -0.950. The molecule has 0 radical (unpaired) electrons. The van der Waals surface area contributed by atoms with E-state index in [0.717, 1.165) is 49.1 Å². The first-order valence-corrected chi connectivity index (χ1v) is 9.14. The second-order valence-corrected chi connectivity index (χ2v) is 7.23. The van der Waals surface area contributed by atoms with Crippen molar-refractivity contribution in [2.24, 2.45) is 0 Å². The van der Waals surface area contributed by atoms with Gasteiger partial charge in [0.05, 0.1) is 23.5 Å². The van der Waals surface area contributed by atoms with Gasteiger partial charge in [-0.25, -0.2) is 0 Å². The fraction of sp³-hybridized carbons (Fsp3) is 0.562. The van der Waals surface area contributed by atoms with Gasteiger partial charge in [0.15, 0.2) is 3.95 Å². The Morgan fingerprint density at radius 1 is 1.14 bits per heavy atom. The monoisotopic (exact) mass is 337 g/mol. The maximum atomic E-state index is 5.58. The first kappa shape index (κ1) is 15.9. The van der Waals surface area contributed by atoms with E-state index in [-0.39, 0.29) is 0 Å². The normalized spacial score (nSPS) is 17.2. The van der Waals surface area contributed by atoms with Crippen molar-refractivity contribution < 1.29 is 4.74 Å². The number of benzene rings is 1. The third kappa shape index (κ3) is 3.35. The molecule has 0 atom stereocenters. The van der Waals surface area contributed by atoms with Crippen molar-refractivity contribution in [3.63, 3.8) is 0 Å². The quantitative estimate of drug-likeness (QED) is 0.779. The number of ether oxygens (including phenoxy) is 1. The lowest BCUT2D eigenvalue weighted by molar-refractivity contribution is 0.113. The van der Waals surface area contributed by atoms with Gasteiger partial charge in [-0.2, -0.15) is 0 Å². The zero-order valence-electron chi connectivity index (χ0n) is 13.2. The summed E-state index contributed by atoms with van der Waals surface area (Å²) < 4.78 is 10.00. The largest absolute Gasteiger partial charge is 0.494 e. The molecule has 22 heavy (non-hydrogen) atoms. The highest BCUT2D eigenvalue weighted by molar-refractivity contribution is 7.73. The second-order valence-electron chi connectivity index (χ2n) is 5.55. The van der Waals surface area contributed by atoms with E-state index >= 15 is 0 Å². The Morgan fingerprint density at radius 3 is 2.55 bits per heavy atom. The lowest BCUT2D eigenvalue weighted by Crippen LogP contribution is -2.46. The van der Waals surface area contributed by atoms with E-state index in [1.165, 1.54) is 10.2 Å². The number of hydrogen-bond donors (Lipinski definition) is 0. The van der Waals surface area contributed by atoms with Gasteiger partial charge in [0.1, 0.15) is 5.75 Å². The number of piperazine rings is 1. The van der Waals surface area contributed by atoms with Crippen molar-refractivity contribution in [2.75, 3.05) is 39.3 Å². The zero-order chi connectivity index (χ0) is 15.5. The predicted molar refractivity (Wildman–Crippen MR) is 95.5 cm³/mol. The van der Waals surface area contributed by atoms with E-state index in [9.17, 15) is 0 Å². The Balaban J connectivity index is 1.79. The van der Waals surface area contributed by atoms with Crippen LogP contribution in [0.15, 0.2) is 18.2 Å². The number of likely N-dealkylation sites (N-methyl/N-ethyl adjacent to an activating group) is 1. The molecule has 4 nitrogen and oxygen atoms in total. The molecule has 2 heterocycles. The molecule has 1 aromatic carbocycles. The summed E-state index contributed by atoms with van der Waals surface area (Å²) in [6.45, 7) is 11.5. The van der Waals surface area contributed by atoms with Crippen molar-refractivity contribution in [1.29, 1.82) is 0 Å². The third-order valence-corrected chi connectivity index (χ3v) is 5.62. The molecule has 0 amide bonds. The van der Waals surface area contributed by atoms with Crippen LogP contribution in [0.2, 0.25) is 0 Å². The molecule has 0 spiro atoms. The first-order valence-electron chi connectivity index (χ1n) is 7.92. The van der Waals surface area contributed by atoms with Crippen LogP contribution in [-0.4, -0.2) is 53.7 Å². The number of hydrogen-bond acceptors (Lipinski definition) is 5. The minimum Gasteiger partial charge on any atom is -0.494 e. The van der Waals surface area contributed by atoms with Crippen molar-refractivity contribution in [2.45, 2.75) is 20.5 Å². The molecule has 2 aromatic rings. The minimum absolute atomic E-state index is 0.694. The molecular weight excluding hydrogens is 314 g/mol. The lowest BCUT2D eigenvalue weighted by atomic mass is 10.3. The molecule has 0 unspecified atom stereocenters. The Labute approximate surface area is 140 Å². The average Bonchev–Trinajstić information content (AvgIpc) is 2.84. The molecule has 120 valence electrons. The van der Waals surface area contributed by atoms with E-state index in [0.29, 0.717) is 6.61 Å². The van der Waals surface area contributed by atoms with Crippen LogP contribution in [0.1, 0.15) is 13.8 Å². The van der Waals surface area contributed by atoms with Crippen molar-refractivity contribution in [3.05, 3.63) is 22.2 Å². The Kier molecular flexibility index (Phi) is 5.13. The van der Waals surface area contributed by atoms with Crippen LogP contribution >= 0.6 is 23.6 Å². The van der Waals surface area contributed by atoms with E-state index < -0.39 is 0 Å². The highest BCUT2D eigenvalue weighted by Gasteiger charge is 2.17. The summed E-state index contributed by atoms with van der Waals surface area (Å²) in [5.41, 5.74) is 1.22. The molecule has 1 aliphatic rings. The van der Waals surface area contributed by atoms with Crippen LogP contribution in [0.5, 0.6) is 5.75 Å². The number of rotatable bonds is 5. The molecule has 1 aliphatic heterocycles. The van der Waals surface area contributed by atoms with E-state index in [2.05, 4.69) is 33.4 Å². The summed E-state index contributed by atoms with van der Waals surface area (Å²) in [4.78, 5) is 4.99. The van der Waals surface area contributed by atoms with Gasteiger partial charge in [-0.15, -0.1) is 11.3 Å². The Morgan fingerprint density at radius 2 is 1.86 bits per heavy atom. The van der Waals surface area contributed by atoms with E-state index in [1.807, 2.05) is 13.0 Å². The number of fused-ring (bicyclic) bond motifs is 1. The van der Waals surface area contributed by atoms with Gasteiger partial charge in [-0.05, 0) is 43.9 Å². The van der Waals surface area contributed by atoms with Crippen LogP contribution in [0, 0.1) is 3.95 Å². The highest BCUT2D eigenvalue weighted by Crippen LogP contribution is 2.27. The van der Waals surface area contributed by atoms with Crippen LogP contribution in [0.3, 0.4) is 0 Å². The summed E-state index contributed by atoms with van der Waals surface area (Å²) in [6.07, 6.45) is 0. The molecule has 0 saturated carbocycles. The fourth-order valence-electron chi connectivity index (χ4n) is 2.88. The summed E-state index contributed by atoms with van der Waals surface area (Å²) >= 11 is 7.25. The predicted octanol–water partition coefficient (Wildman–Crippen LogP) is 3.43. The van der Waals surface area contributed by atoms with Crippen LogP contribution in [0.25, 0.3) is 10.2 Å². The van der Waals surface area contributed by atoms with Gasteiger partial charge in [0.2, 0.25) is 0 Å². The molecular formula is C16H23N3OS2. The van der Waals surface area contributed by atoms with Gasteiger partial charge in [0, 0.05) is 26.2 Å². The summed E-state index contributed by atoms with van der Waals surface area (Å²) in [7, 11) is 0. The lowest BCUT2D eigenvalue weighted by Gasteiger charge is -2.34. The first-order chi connectivity index (χ1) is 10.7. The Bertz CT molecular complexity index is 686. The molecule has 6 heteroatoms. The van der Waals surface area contributed by atoms with Gasteiger partial charge in [-0.3, -0.25) is 4.90 Å². The zero-order valence-corrected chi connectivity index (χ0v) is 14.9. The van der Waals surface area contributed by atoms with Gasteiger partial charge < -0.3 is 14.2 Å². The number of aromatic nitrogens is 1. The summed E-state index contributed by atoms with van der Waals surface area (Å²) in [5, 5.41) is 0. The molecule has 0 N–H and O–H groups in total. The van der Waals surface area contributed by atoms with E-state index in [1.54, 1.807) is 11.3 Å². The number of nitrogens with zero attached hydrogens (tertiary/aromatic N) is 3. The summed E-state index contributed by atoms with van der Waals surface area (Å²) in [5.74, 6) is 0.926. The van der Waals surface area contributed by atoms with Crippen molar-refractivity contribution in [3.8, 4) is 5.75 Å². The van der Waals surface area contributed by atoms with E-state index in [4.69, 9.17) is 17.0 Å². The molecule has 1 aromatic heterocycles. The van der Waals surface area contributed by atoms with Gasteiger partial charge >= 0.3 is 0 Å². The molecule has 0 aliphatic carbocycles. The SMILES string of the molecule is CCOc1ccc2c(c1)sc(=S)n2CN1CCN(CC)CC1. The van der Waals surface area contributed by atoms with Gasteiger partial charge in [0.25, 0.3) is 0 Å². The smallest absolute Gasteiger partial charge is 0.163 e. The highest BCUT2D eigenvalue weighted by atomic mass is 32.1. The van der Waals surface area contributed by atoms with Crippen LogP contribution in [-0.2, 0) is 6.67 Å². The number of thiazole rings is 1. The van der Waals surface area contributed by atoms with Crippen molar-refractivity contribution >= 4 is 33.8 Å². The summed E-state index contributed by atoms with van der Waals surface area (Å²) in [6, 6.07) is 6.28. The minimum atomic E-state index is 0.694. The fourth-order valence-corrected chi connectivity index (χ4v) is 4.22. The van der Waals surface area contributed by atoms with Crippen LogP contribution in [0.4, 0.5) is 0 Å². The van der Waals surface area contributed by atoms with Gasteiger partial charge in [-0.1, -0.05) is 6.92 Å². The molecule has 1 saturated heterocycles. The maximum absolute atomic E-state index is 5.58. The standard InChI is InChI=1S/C16H23N3OS2/c1-3-17-7-9-18(10-8-17)12-19-14-6-5-13(20-4-2)11-15(14)22-16(19)21/h5-6,11H,3-4,7-10,12H2,1-2H3. The second kappa shape index (κ2) is 7.08.